The van der Waals surface area contributed by atoms with Crippen LogP contribution >= 0.6 is 0 Å². The SMILES string of the molecule is CCCC1CCN(c2nccc(CO)c2F)CC1. The smallest absolute Gasteiger partial charge is 0.171 e. The highest BCUT2D eigenvalue weighted by Gasteiger charge is 2.22. The van der Waals surface area contributed by atoms with E-state index in [1.165, 1.54) is 18.9 Å². The lowest BCUT2D eigenvalue weighted by Gasteiger charge is -2.33. The average molecular weight is 252 g/mol. The van der Waals surface area contributed by atoms with Gasteiger partial charge in [-0.05, 0) is 24.8 Å². The fourth-order valence-electron chi connectivity index (χ4n) is 2.66. The van der Waals surface area contributed by atoms with Crippen molar-refractivity contribution in [2.24, 2.45) is 5.92 Å². The van der Waals surface area contributed by atoms with Gasteiger partial charge in [-0.1, -0.05) is 19.8 Å². The summed E-state index contributed by atoms with van der Waals surface area (Å²) in [4.78, 5) is 6.12. The lowest BCUT2D eigenvalue weighted by atomic mass is 9.92. The molecule has 0 aromatic carbocycles. The van der Waals surface area contributed by atoms with Gasteiger partial charge in [0.25, 0.3) is 0 Å². The number of aliphatic hydroxyl groups excluding tert-OH is 1. The van der Waals surface area contributed by atoms with Gasteiger partial charge >= 0.3 is 0 Å². The number of hydrogen-bond acceptors (Lipinski definition) is 3. The molecule has 2 rings (SSSR count). The molecule has 0 aliphatic carbocycles. The van der Waals surface area contributed by atoms with Crippen LogP contribution in [0.1, 0.15) is 38.2 Å². The molecule has 1 N–H and O–H groups in total. The Morgan fingerprint density at radius 1 is 1.44 bits per heavy atom. The molecule has 0 radical (unpaired) electrons. The monoisotopic (exact) mass is 252 g/mol. The number of halogens is 1. The summed E-state index contributed by atoms with van der Waals surface area (Å²) in [6.07, 6.45) is 6.27. The topological polar surface area (TPSA) is 36.4 Å². The minimum atomic E-state index is -0.367. The predicted octanol–water partition coefficient (Wildman–Crippen LogP) is 2.73. The quantitative estimate of drug-likeness (QED) is 0.895. The molecule has 0 saturated carbocycles. The van der Waals surface area contributed by atoms with Gasteiger partial charge < -0.3 is 10.0 Å². The van der Waals surface area contributed by atoms with Crippen molar-refractivity contribution in [1.82, 2.24) is 4.98 Å². The molecular weight excluding hydrogens is 231 g/mol. The van der Waals surface area contributed by atoms with Crippen LogP contribution in [0.5, 0.6) is 0 Å². The fourth-order valence-corrected chi connectivity index (χ4v) is 2.66. The van der Waals surface area contributed by atoms with E-state index in [2.05, 4.69) is 11.9 Å². The van der Waals surface area contributed by atoms with Crippen LogP contribution in [0.3, 0.4) is 0 Å². The molecule has 0 amide bonds. The lowest BCUT2D eigenvalue weighted by Crippen LogP contribution is -2.35. The second-order valence-corrected chi connectivity index (χ2v) is 4.98. The molecule has 0 unspecified atom stereocenters. The first kappa shape index (κ1) is 13.3. The Hall–Kier alpha value is -1.16. The number of aromatic nitrogens is 1. The molecule has 1 fully saturated rings. The molecule has 100 valence electrons. The molecule has 1 aromatic rings. The zero-order chi connectivity index (χ0) is 13.0. The third-order valence-electron chi connectivity index (χ3n) is 3.73. The van der Waals surface area contributed by atoms with Crippen molar-refractivity contribution < 1.29 is 9.50 Å². The van der Waals surface area contributed by atoms with Crippen LogP contribution < -0.4 is 4.90 Å². The standard InChI is InChI=1S/C14H21FN2O/c1-2-3-11-5-8-17(9-6-11)14-13(15)12(10-18)4-7-16-14/h4,7,11,18H,2-3,5-6,8-10H2,1H3. The first-order chi connectivity index (χ1) is 8.76. The molecule has 2 heterocycles. The molecule has 1 aromatic heterocycles. The number of nitrogens with zero attached hydrogens (tertiary/aromatic N) is 2. The molecular formula is C14H21FN2O. The average Bonchev–Trinajstić information content (AvgIpc) is 2.41. The zero-order valence-corrected chi connectivity index (χ0v) is 10.9. The summed E-state index contributed by atoms with van der Waals surface area (Å²) in [5.41, 5.74) is 0.329. The van der Waals surface area contributed by atoms with Crippen molar-refractivity contribution in [3.63, 3.8) is 0 Å². The second kappa shape index (κ2) is 6.14. The van der Waals surface area contributed by atoms with Gasteiger partial charge in [0.2, 0.25) is 0 Å². The van der Waals surface area contributed by atoms with Crippen LogP contribution in [-0.4, -0.2) is 23.2 Å². The van der Waals surface area contributed by atoms with Gasteiger partial charge in [0.05, 0.1) is 6.61 Å². The predicted molar refractivity (Wildman–Crippen MR) is 70.0 cm³/mol. The van der Waals surface area contributed by atoms with Gasteiger partial charge in [0.1, 0.15) is 0 Å². The number of rotatable bonds is 4. The van der Waals surface area contributed by atoms with Crippen LogP contribution in [0.4, 0.5) is 10.2 Å². The van der Waals surface area contributed by atoms with Crippen molar-refractivity contribution in [1.29, 1.82) is 0 Å². The van der Waals surface area contributed by atoms with Crippen molar-refractivity contribution in [2.45, 2.75) is 39.2 Å². The molecule has 0 bridgehead atoms. The maximum atomic E-state index is 14.0. The number of aliphatic hydroxyl groups is 1. The maximum Gasteiger partial charge on any atom is 0.171 e. The summed E-state index contributed by atoms with van der Waals surface area (Å²) in [5.74, 6) is 0.806. The van der Waals surface area contributed by atoms with Gasteiger partial charge in [-0.25, -0.2) is 9.37 Å². The van der Waals surface area contributed by atoms with E-state index in [0.717, 1.165) is 31.8 Å². The van der Waals surface area contributed by atoms with E-state index in [9.17, 15) is 4.39 Å². The Kier molecular flexibility index (Phi) is 4.53. The van der Waals surface area contributed by atoms with E-state index in [1.54, 1.807) is 6.20 Å². The van der Waals surface area contributed by atoms with Crippen LogP contribution in [0.15, 0.2) is 12.3 Å². The largest absolute Gasteiger partial charge is 0.392 e. The van der Waals surface area contributed by atoms with E-state index in [-0.39, 0.29) is 12.4 Å². The third kappa shape index (κ3) is 2.80. The van der Waals surface area contributed by atoms with Gasteiger partial charge in [0, 0.05) is 24.8 Å². The first-order valence-electron chi connectivity index (χ1n) is 6.75. The summed E-state index contributed by atoms with van der Waals surface area (Å²) < 4.78 is 14.0. The maximum absolute atomic E-state index is 14.0. The van der Waals surface area contributed by atoms with Crippen LogP contribution in [0.2, 0.25) is 0 Å². The number of piperidine rings is 1. The van der Waals surface area contributed by atoms with Crippen molar-refractivity contribution in [2.75, 3.05) is 18.0 Å². The minimum absolute atomic E-state index is 0.270. The van der Waals surface area contributed by atoms with E-state index in [1.807, 2.05) is 4.90 Å². The van der Waals surface area contributed by atoms with E-state index < -0.39 is 0 Å². The fraction of sp³-hybridized carbons (Fsp3) is 0.643. The zero-order valence-electron chi connectivity index (χ0n) is 10.9. The number of anilines is 1. The van der Waals surface area contributed by atoms with Crippen LogP contribution in [-0.2, 0) is 6.61 Å². The van der Waals surface area contributed by atoms with Crippen molar-refractivity contribution >= 4 is 5.82 Å². The van der Waals surface area contributed by atoms with Gasteiger partial charge in [-0.2, -0.15) is 0 Å². The summed E-state index contributed by atoms with van der Waals surface area (Å²) in [6.45, 7) is 3.67. The second-order valence-electron chi connectivity index (χ2n) is 4.98. The van der Waals surface area contributed by atoms with E-state index in [4.69, 9.17) is 5.11 Å². The highest BCUT2D eigenvalue weighted by atomic mass is 19.1. The molecule has 4 heteroatoms. The lowest BCUT2D eigenvalue weighted by molar-refractivity contribution is 0.275. The Labute approximate surface area is 108 Å². The summed E-state index contributed by atoms with van der Waals surface area (Å²) in [5, 5.41) is 9.07. The minimum Gasteiger partial charge on any atom is -0.392 e. The summed E-state index contributed by atoms with van der Waals surface area (Å²) >= 11 is 0. The van der Waals surface area contributed by atoms with E-state index in [0.29, 0.717) is 11.4 Å². The Balaban J connectivity index is 2.05. The van der Waals surface area contributed by atoms with Gasteiger partial charge in [0.15, 0.2) is 11.6 Å². The Morgan fingerprint density at radius 2 is 2.17 bits per heavy atom. The van der Waals surface area contributed by atoms with Crippen LogP contribution in [0.25, 0.3) is 0 Å². The van der Waals surface area contributed by atoms with Crippen molar-refractivity contribution in [3.05, 3.63) is 23.6 Å². The Bertz CT molecular complexity index is 389. The molecule has 0 spiro atoms. The molecule has 3 nitrogen and oxygen atoms in total. The number of pyridine rings is 1. The van der Waals surface area contributed by atoms with Gasteiger partial charge in [-0.3, -0.25) is 0 Å². The van der Waals surface area contributed by atoms with Gasteiger partial charge in [-0.15, -0.1) is 0 Å². The molecule has 1 saturated heterocycles. The van der Waals surface area contributed by atoms with Crippen LogP contribution in [0, 0.1) is 11.7 Å². The summed E-state index contributed by atoms with van der Waals surface area (Å²) in [6, 6.07) is 1.53. The normalized spacial score (nSPS) is 17.2. The highest BCUT2D eigenvalue weighted by Crippen LogP contribution is 2.27. The first-order valence-corrected chi connectivity index (χ1v) is 6.75. The molecule has 1 aliphatic rings. The Morgan fingerprint density at radius 3 is 2.78 bits per heavy atom. The van der Waals surface area contributed by atoms with Crippen molar-refractivity contribution in [3.8, 4) is 0 Å². The summed E-state index contributed by atoms with van der Waals surface area (Å²) in [7, 11) is 0. The molecule has 18 heavy (non-hydrogen) atoms. The third-order valence-corrected chi connectivity index (χ3v) is 3.73. The van der Waals surface area contributed by atoms with E-state index >= 15 is 0 Å². The molecule has 0 atom stereocenters. The number of hydrogen-bond donors (Lipinski definition) is 1. The molecule has 1 aliphatic heterocycles. The highest BCUT2D eigenvalue weighted by molar-refractivity contribution is 5.43.